The van der Waals surface area contributed by atoms with Crippen molar-refractivity contribution in [3.8, 4) is 5.69 Å². The summed E-state index contributed by atoms with van der Waals surface area (Å²) in [5.41, 5.74) is 7.49. The molecular weight excluding hydrogens is 300 g/mol. The quantitative estimate of drug-likeness (QED) is 0.802. The maximum atomic E-state index is 4.79. The fraction of sp³-hybridized carbons (Fsp3) is 0.438. The number of benzene rings is 1. The maximum absolute atomic E-state index is 4.79. The van der Waals surface area contributed by atoms with Gasteiger partial charge in [0.15, 0.2) is 0 Å². The van der Waals surface area contributed by atoms with Crippen molar-refractivity contribution < 1.29 is 0 Å². The molecule has 0 fully saturated rings. The van der Waals surface area contributed by atoms with Crippen molar-refractivity contribution in [3.05, 3.63) is 44.7 Å². The van der Waals surface area contributed by atoms with E-state index in [-0.39, 0.29) is 0 Å². The van der Waals surface area contributed by atoms with Crippen molar-refractivity contribution in [3.63, 3.8) is 0 Å². The summed E-state index contributed by atoms with van der Waals surface area (Å²) < 4.78 is 3.28. The van der Waals surface area contributed by atoms with E-state index in [9.17, 15) is 0 Å². The van der Waals surface area contributed by atoms with Crippen LogP contribution in [0, 0.1) is 20.8 Å². The van der Waals surface area contributed by atoms with Crippen molar-refractivity contribution in [2.45, 2.75) is 47.5 Å². The second-order valence-electron chi connectivity index (χ2n) is 5.07. The molecule has 2 aromatic rings. The lowest BCUT2D eigenvalue weighted by Crippen LogP contribution is -2.06. The zero-order valence-electron chi connectivity index (χ0n) is 12.3. The van der Waals surface area contributed by atoms with E-state index in [4.69, 9.17) is 5.10 Å². The van der Waals surface area contributed by atoms with E-state index < -0.39 is 0 Å². The van der Waals surface area contributed by atoms with Crippen molar-refractivity contribution >= 4 is 15.9 Å². The molecule has 1 heterocycles. The van der Waals surface area contributed by atoms with E-state index in [1.54, 1.807) is 0 Å². The first kappa shape index (κ1) is 14.3. The Kier molecular flexibility index (Phi) is 4.14. The number of hydrogen-bond acceptors (Lipinski definition) is 1. The molecule has 1 aromatic carbocycles. The summed E-state index contributed by atoms with van der Waals surface area (Å²) in [4.78, 5) is 0. The van der Waals surface area contributed by atoms with Gasteiger partial charge in [-0.05, 0) is 60.7 Å². The van der Waals surface area contributed by atoms with E-state index in [1.807, 2.05) is 0 Å². The molecule has 0 spiro atoms. The molecule has 3 heteroatoms. The molecule has 0 atom stereocenters. The molecule has 0 N–H and O–H groups in total. The number of aromatic nitrogens is 2. The molecule has 0 saturated carbocycles. The zero-order chi connectivity index (χ0) is 14.2. The van der Waals surface area contributed by atoms with Crippen molar-refractivity contribution in [2.75, 3.05) is 0 Å². The van der Waals surface area contributed by atoms with E-state index >= 15 is 0 Å². The van der Waals surface area contributed by atoms with E-state index in [1.165, 1.54) is 28.1 Å². The Morgan fingerprint density at radius 3 is 2.11 bits per heavy atom. The highest BCUT2D eigenvalue weighted by molar-refractivity contribution is 9.10. The molecular formula is C16H21BrN2. The molecule has 0 aliphatic heterocycles. The van der Waals surface area contributed by atoms with Crippen LogP contribution in [0.15, 0.2) is 16.6 Å². The molecule has 0 radical (unpaired) electrons. The summed E-state index contributed by atoms with van der Waals surface area (Å²) in [5, 5.41) is 4.79. The Hall–Kier alpha value is -1.09. The molecule has 0 aliphatic rings. The van der Waals surface area contributed by atoms with Gasteiger partial charge in [-0.25, -0.2) is 4.68 Å². The summed E-state index contributed by atoms with van der Waals surface area (Å²) >= 11 is 3.70. The minimum Gasteiger partial charge on any atom is -0.236 e. The van der Waals surface area contributed by atoms with Gasteiger partial charge in [-0.15, -0.1) is 0 Å². The smallest absolute Gasteiger partial charge is 0.0771 e. The average Bonchev–Trinajstić information content (AvgIpc) is 2.64. The van der Waals surface area contributed by atoms with Crippen molar-refractivity contribution in [2.24, 2.45) is 0 Å². The highest BCUT2D eigenvalue weighted by Gasteiger charge is 2.17. The van der Waals surface area contributed by atoms with Gasteiger partial charge in [0.1, 0.15) is 0 Å². The number of nitrogens with zero attached hydrogens (tertiary/aromatic N) is 2. The van der Waals surface area contributed by atoms with Gasteiger partial charge in [-0.2, -0.15) is 5.10 Å². The number of halogens is 1. The fourth-order valence-electron chi connectivity index (χ4n) is 2.71. The van der Waals surface area contributed by atoms with Crippen LogP contribution in [0.4, 0.5) is 0 Å². The lowest BCUT2D eigenvalue weighted by atomic mass is 10.0. The second-order valence-corrected chi connectivity index (χ2v) is 5.87. The fourth-order valence-corrected chi connectivity index (χ4v) is 3.51. The van der Waals surface area contributed by atoms with Gasteiger partial charge < -0.3 is 0 Å². The third-order valence-corrected chi connectivity index (χ3v) is 4.42. The Bertz CT molecular complexity index is 588. The van der Waals surface area contributed by atoms with Crippen LogP contribution >= 0.6 is 15.9 Å². The standard InChI is InChI=1S/C16H21BrN2/c1-6-13-15(17)14(7-2)19(18-13)16-11(4)8-10(3)9-12(16)5/h8-9H,6-7H2,1-5H3. The second kappa shape index (κ2) is 5.49. The third kappa shape index (κ3) is 2.48. The Morgan fingerprint density at radius 1 is 1.05 bits per heavy atom. The molecule has 0 aliphatic carbocycles. The molecule has 102 valence electrons. The third-order valence-electron chi connectivity index (χ3n) is 3.50. The van der Waals surface area contributed by atoms with Crippen LogP contribution in [-0.2, 0) is 12.8 Å². The summed E-state index contributed by atoms with van der Waals surface area (Å²) in [6.07, 6.45) is 1.92. The monoisotopic (exact) mass is 320 g/mol. The number of aryl methyl sites for hydroxylation is 4. The van der Waals surface area contributed by atoms with Gasteiger partial charge in [0.25, 0.3) is 0 Å². The molecule has 19 heavy (non-hydrogen) atoms. The minimum atomic E-state index is 0.949. The SMILES string of the molecule is CCc1nn(-c2c(C)cc(C)cc2C)c(CC)c1Br. The minimum absolute atomic E-state index is 0.949. The Balaban J connectivity index is 2.72. The predicted octanol–water partition coefficient (Wildman–Crippen LogP) is 4.68. The van der Waals surface area contributed by atoms with Crippen LogP contribution < -0.4 is 0 Å². The summed E-state index contributed by atoms with van der Waals surface area (Å²) in [5.74, 6) is 0. The lowest BCUT2D eigenvalue weighted by molar-refractivity contribution is 0.784. The predicted molar refractivity (Wildman–Crippen MR) is 84.2 cm³/mol. The lowest BCUT2D eigenvalue weighted by Gasteiger charge is -2.14. The maximum Gasteiger partial charge on any atom is 0.0771 e. The van der Waals surface area contributed by atoms with Gasteiger partial charge >= 0.3 is 0 Å². The molecule has 0 saturated heterocycles. The molecule has 0 unspecified atom stereocenters. The normalized spacial score (nSPS) is 11.1. The van der Waals surface area contributed by atoms with Crippen LogP contribution in [0.5, 0.6) is 0 Å². The van der Waals surface area contributed by atoms with Crippen LogP contribution in [-0.4, -0.2) is 9.78 Å². The largest absolute Gasteiger partial charge is 0.236 e. The van der Waals surface area contributed by atoms with Crippen LogP contribution in [0.2, 0.25) is 0 Å². The molecule has 0 bridgehead atoms. The van der Waals surface area contributed by atoms with Crippen LogP contribution in [0.25, 0.3) is 5.69 Å². The zero-order valence-corrected chi connectivity index (χ0v) is 13.9. The molecule has 2 rings (SSSR count). The van der Waals surface area contributed by atoms with Gasteiger partial charge in [-0.1, -0.05) is 31.5 Å². The van der Waals surface area contributed by atoms with Gasteiger partial charge in [0.2, 0.25) is 0 Å². The number of hydrogen-bond donors (Lipinski definition) is 0. The first-order chi connectivity index (χ1) is 8.99. The average molecular weight is 321 g/mol. The van der Waals surface area contributed by atoms with E-state index in [0.717, 1.165) is 23.0 Å². The molecule has 0 amide bonds. The first-order valence-corrected chi connectivity index (χ1v) is 7.63. The Labute approximate surface area is 124 Å². The summed E-state index contributed by atoms with van der Waals surface area (Å²) in [6, 6.07) is 4.45. The summed E-state index contributed by atoms with van der Waals surface area (Å²) in [7, 11) is 0. The van der Waals surface area contributed by atoms with Gasteiger partial charge in [0, 0.05) is 0 Å². The Morgan fingerprint density at radius 2 is 1.63 bits per heavy atom. The molecule has 1 aromatic heterocycles. The van der Waals surface area contributed by atoms with Crippen molar-refractivity contribution in [1.29, 1.82) is 0 Å². The first-order valence-electron chi connectivity index (χ1n) is 6.84. The highest BCUT2D eigenvalue weighted by Crippen LogP contribution is 2.28. The molecule has 2 nitrogen and oxygen atoms in total. The summed E-state index contributed by atoms with van der Waals surface area (Å²) in [6.45, 7) is 10.8. The number of rotatable bonds is 3. The van der Waals surface area contributed by atoms with E-state index in [0.29, 0.717) is 0 Å². The topological polar surface area (TPSA) is 17.8 Å². The van der Waals surface area contributed by atoms with E-state index in [2.05, 4.69) is 67.4 Å². The van der Waals surface area contributed by atoms with Crippen LogP contribution in [0.1, 0.15) is 41.9 Å². The van der Waals surface area contributed by atoms with Crippen molar-refractivity contribution in [1.82, 2.24) is 9.78 Å². The highest BCUT2D eigenvalue weighted by atomic mass is 79.9. The van der Waals surface area contributed by atoms with Crippen LogP contribution in [0.3, 0.4) is 0 Å². The van der Waals surface area contributed by atoms with Gasteiger partial charge in [0.05, 0.1) is 21.5 Å². The van der Waals surface area contributed by atoms with Gasteiger partial charge in [-0.3, -0.25) is 0 Å².